The van der Waals surface area contributed by atoms with Crippen LogP contribution in [0.1, 0.15) is 374 Å². The summed E-state index contributed by atoms with van der Waals surface area (Å²) in [5, 5.41) is 0. The van der Waals surface area contributed by atoms with Gasteiger partial charge in [-0.05, 0) is 51.4 Å². The van der Waals surface area contributed by atoms with Crippen LogP contribution in [0.3, 0.4) is 0 Å². The minimum Gasteiger partial charge on any atom is -0.462 e. The van der Waals surface area contributed by atoms with Crippen LogP contribution in [0.25, 0.3) is 0 Å². The lowest BCUT2D eigenvalue weighted by Gasteiger charge is -2.18. The molecule has 1 atom stereocenters. The molecule has 0 aliphatic heterocycles. The first-order valence-electron chi connectivity index (χ1n) is 34.0. The van der Waals surface area contributed by atoms with Crippen LogP contribution in [0.4, 0.5) is 0 Å². The van der Waals surface area contributed by atoms with Crippen molar-refractivity contribution in [3.05, 3.63) is 36.5 Å². The Morgan fingerprint density at radius 1 is 0.276 bits per heavy atom. The summed E-state index contributed by atoms with van der Waals surface area (Å²) in [6, 6.07) is 0. The van der Waals surface area contributed by atoms with E-state index in [4.69, 9.17) is 14.2 Å². The number of rotatable bonds is 63. The number of allylic oxidation sites excluding steroid dienone is 6. The second kappa shape index (κ2) is 65.2. The fraction of sp³-hybridized carbons (Fsp3) is 0.871. The molecule has 1 unspecified atom stereocenters. The van der Waals surface area contributed by atoms with Gasteiger partial charge in [-0.1, -0.05) is 340 Å². The van der Waals surface area contributed by atoms with Crippen LogP contribution in [0.5, 0.6) is 0 Å². The zero-order valence-electron chi connectivity index (χ0n) is 51.3. The first-order chi connectivity index (χ1) is 37.5. The minimum atomic E-state index is -0.775. The number of hydrogen-bond donors (Lipinski definition) is 0. The minimum absolute atomic E-state index is 0.0706. The van der Waals surface area contributed by atoms with Crippen LogP contribution in [0.15, 0.2) is 36.5 Å². The van der Waals surface area contributed by atoms with Crippen LogP contribution >= 0.6 is 0 Å². The van der Waals surface area contributed by atoms with Gasteiger partial charge < -0.3 is 14.2 Å². The fourth-order valence-corrected chi connectivity index (χ4v) is 10.3. The Labute approximate surface area is 474 Å². The molecule has 0 bridgehead atoms. The highest BCUT2D eigenvalue weighted by atomic mass is 16.6. The molecule has 0 heterocycles. The zero-order chi connectivity index (χ0) is 55.0. The SMILES string of the molecule is CC/C=C\C/C=C\C/C=C\CCCCCCCCCC(=O)OC(COC(=O)CCCCCCCCCCCCCCCCCC)COC(=O)CCCCCCCCCCCCCCCCCCCCCCCCCCC. The van der Waals surface area contributed by atoms with Gasteiger partial charge in [0.25, 0.3) is 0 Å². The number of unbranched alkanes of at least 4 members (excludes halogenated alkanes) is 46. The second-order valence-electron chi connectivity index (χ2n) is 23.1. The fourth-order valence-electron chi connectivity index (χ4n) is 10.3. The van der Waals surface area contributed by atoms with E-state index >= 15 is 0 Å². The van der Waals surface area contributed by atoms with Crippen LogP contribution in [-0.4, -0.2) is 37.2 Å². The summed E-state index contributed by atoms with van der Waals surface area (Å²) in [5.41, 5.74) is 0. The van der Waals surface area contributed by atoms with E-state index in [9.17, 15) is 14.4 Å². The zero-order valence-corrected chi connectivity index (χ0v) is 51.3. The van der Waals surface area contributed by atoms with E-state index in [2.05, 4.69) is 57.2 Å². The number of ether oxygens (including phenoxy) is 3. The van der Waals surface area contributed by atoms with Crippen molar-refractivity contribution in [2.45, 2.75) is 380 Å². The molecule has 0 saturated heterocycles. The molecule has 0 rings (SSSR count). The number of carbonyl (C=O) groups excluding carboxylic acids is 3. The summed E-state index contributed by atoms with van der Waals surface area (Å²) < 4.78 is 17.0. The molecule has 0 amide bonds. The van der Waals surface area contributed by atoms with Gasteiger partial charge in [-0.2, -0.15) is 0 Å². The van der Waals surface area contributed by atoms with Gasteiger partial charge in [0.15, 0.2) is 6.10 Å². The maximum absolute atomic E-state index is 12.9. The van der Waals surface area contributed by atoms with Crippen molar-refractivity contribution in [2.75, 3.05) is 13.2 Å². The average molecular weight is 1070 g/mol. The highest BCUT2D eigenvalue weighted by molar-refractivity contribution is 5.71. The van der Waals surface area contributed by atoms with Crippen LogP contribution < -0.4 is 0 Å². The van der Waals surface area contributed by atoms with Gasteiger partial charge in [0.2, 0.25) is 0 Å². The van der Waals surface area contributed by atoms with E-state index in [1.54, 1.807) is 0 Å². The van der Waals surface area contributed by atoms with Gasteiger partial charge in [0.05, 0.1) is 0 Å². The molecule has 0 radical (unpaired) electrons. The molecular weight excluding hydrogens is 937 g/mol. The lowest BCUT2D eigenvalue weighted by Crippen LogP contribution is -2.30. The molecule has 0 N–H and O–H groups in total. The van der Waals surface area contributed by atoms with Gasteiger partial charge >= 0.3 is 17.9 Å². The summed E-state index contributed by atoms with van der Waals surface area (Å²) in [6.45, 7) is 6.60. The molecule has 0 fully saturated rings. The average Bonchev–Trinajstić information content (AvgIpc) is 3.42. The largest absolute Gasteiger partial charge is 0.462 e. The molecular formula is C70H130O6. The topological polar surface area (TPSA) is 78.9 Å². The van der Waals surface area contributed by atoms with E-state index < -0.39 is 6.10 Å². The molecule has 0 spiro atoms. The molecule has 0 aromatic rings. The van der Waals surface area contributed by atoms with Crippen molar-refractivity contribution in [3.8, 4) is 0 Å². The Morgan fingerprint density at radius 3 is 0.803 bits per heavy atom. The Morgan fingerprint density at radius 2 is 0.513 bits per heavy atom. The van der Waals surface area contributed by atoms with Gasteiger partial charge in [0.1, 0.15) is 13.2 Å². The smallest absolute Gasteiger partial charge is 0.306 e. The molecule has 0 aliphatic carbocycles. The third kappa shape index (κ3) is 62.5. The highest BCUT2D eigenvalue weighted by Crippen LogP contribution is 2.19. The quantitative estimate of drug-likeness (QED) is 0.0261. The van der Waals surface area contributed by atoms with Crippen molar-refractivity contribution >= 4 is 17.9 Å². The lowest BCUT2D eigenvalue weighted by atomic mass is 10.0. The molecule has 0 aliphatic rings. The Balaban J connectivity index is 4.25. The lowest BCUT2D eigenvalue weighted by molar-refractivity contribution is -0.167. The summed E-state index contributed by atoms with van der Waals surface area (Å²) >= 11 is 0. The predicted molar refractivity (Wildman–Crippen MR) is 330 cm³/mol. The maximum Gasteiger partial charge on any atom is 0.306 e. The normalized spacial score (nSPS) is 12.2. The van der Waals surface area contributed by atoms with E-state index in [0.29, 0.717) is 19.3 Å². The highest BCUT2D eigenvalue weighted by Gasteiger charge is 2.19. The van der Waals surface area contributed by atoms with Gasteiger partial charge in [-0.15, -0.1) is 0 Å². The molecule has 446 valence electrons. The number of esters is 3. The van der Waals surface area contributed by atoms with Crippen LogP contribution in [0, 0.1) is 0 Å². The monoisotopic (exact) mass is 1070 g/mol. The summed E-state index contributed by atoms with van der Waals surface area (Å²) in [6.07, 6.45) is 80.2. The van der Waals surface area contributed by atoms with E-state index in [1.165, 1.54) is 250 Å². The van der Waals surface area contributed by atoms with Crippen molar-refractivity contribution in [3.63, 3.8) is 0 Å². The Kier molecular flexibility index (Phi) is 63.1. The second-order valence-corrected chi connectivity index (χ2v) is 23.1. The first kappa shape index (κ1) is 73.6. The maximum atomic E-state index is 12.9. The Bertz CT molecular complexity index is 1270. The molecule has 76 heavy (non-hydrogen) atoms. The summed E-state index contributed by atoms with van der Waals surface area (Å²) in [7, 11) is 0. The van der Waals surface area contributed by atoms with Crippen molar-refractivity contribution in [2.24, 2.45) is 0 Å². The third-order valence-corrected chi connectivity index (χ3v) is 15.4. The summed E-state index contributed by atoms with van der Waals surface area (Å²) in [4.78, 5) is 38.4. The van der Waals surface area contributed by atoms with Crippen LogP contribution in [-0.2, 0) is 28.6 Å². The van der Waals surface area contributed by atoms with Gasteiger partial charge in [-0.25, -0.2) is 0 Å². The predicted octanol–water partition coefficient (Wildman–Crippen LogP) is 23.2. The molecule has 0 aromatic heterocycles. The standard InChI is InChI=1S/C70H130O6/c1-4-7-10-13-16-19-22-25-28-31-32-33-34-35-36-37-38-40-42-45-48-51-54-57-60-63-69(72)75-66-67(65-74-68(71)62-59-56-53-50-47-44-41-30-27-24-21-18-15-12-9-6-3)76-70(73)64-61-58-55-52-49-46-43-39-29-26-23-20-17-14-11-8-5-2/h8,11,17,20,26,29,67H,4-7,9-10,12-16,18-19,21-25,27-28,30-66H2,1-3H3/b11-8-,20-17-,29-26-. The van der Waals surface area contributed by atoms with Crippen molar-refractivity contribution in [1.82, 2.24) is 0 Å². The molecule has 6 nitrogen and oxygen atoms in total. The molecule has 6 heteroatoms. The van der Waals surface area contributed by atoms with E-state index in [-0.39, 0.29) is 31.1 Å². The van der Waals surface area contributed by atoms with Gasteiger partial charge in [-0.3, -0.25) is 14.4 Å². The van der Waals surface area contributed by atoms with Crippen LogP contribution in [0.2, 0.25) is 0 Å². The van der Waals surface area contributed by atoms with E-state index in [1.807, 2.05) is 0 Å². The first-order valence-corrected chi connectivity index (χ1v) is 34.0. The number of hydrogen-bond acceptors (Lipinski definition) is 6. The van der Waals surface area contributed by atoms with Gasteiger partial charge in [0, 0.05) is 19.3 Å². The number of carbonyl (C=O) groups is 3. The molecule has 0 aromatic carbocycles. The van der Waals surface area contributed by atoms with Crippen molar-refractivity contribution < 1.29 is 28.6 Å². The summed E-state index contributed by atoms with van der Waals surface area (Å²) in [5.74, 6) is -0.852. The van der Waals surface area contributed by atoms with E-state index in [0.717, 1.165) is 83.5 Å². The van der Waals surface area contributed by atoms with Crippen molar-refractivity contribution in [1.29, 1.82) is 0 Å². The third-order valence-electron chi connectivity index (χ3n) is 15.4. The molecule has 0 saturated carbocycles. The Hall–Kier alpha value is -2.37.